The second-order valence-corrected chi connectivity index (χ2v) is 5.56. The molecule has 1 atom stereocenters. The van der Waals surface area contributed by atoms with E-state index in [1.54, 1.807) is 18.2 Å². The summed E-state index contributed by atoms with van der Waals surface area (Å²) in [5.41, 5.74) is 9.75. The van der Waals surface area contributed by atoms with Gasteiger partial charge < -0.3 is 20.7 Å². The number of hydrogen-bond acceptors (Lipinski definition) is 5. The lowest BCUT2D eigenvalue weighted by atomic mass is 10.1. The van der Waals surface area contributed by atoms with Crippen LogP contribution in [0.25, 0.3) is 0 Å². The van der Waals surface area contributed by atoms with Crippen molar-refractivity contribution in [3.8, 4) is 0 Å². The first-order valence-electron chi connectivity index (χ1n) is 6.49. The van der Waals surface area contributed by atoms with Crippen molar-refractivity contribution in [2.24, 2.45) is 0 Å². The van der Waals surface area contributed by atoms with E-state index in [-0.39, 0.29) is 12.4 Å². The molecule has 0 saturated carbocycles. The molecule has 0 saturated heterocycles. The first kappa shape index (κ1) is 15.5. The van der Waals surface area contributed by atoms with Gasteiger partial charge in [0.25, 0.3) is 0 Å². The van der Waals surface area contributed by atoms with Gasteiger partial charge in [-0.25, -0.2) is 0 Å². The SMILES string of the molecule is Nc1cc(CS(=O)[O-])ccc1Nc1ccc(CCO)cc1. The molecule has 0 radical (unpaired) electrons. The van der Waals surface area contributed by atoms with Crippen LogP contribution in [0.4, 0.5) is 17.1 Å². The molecule has 4 N–H and O–H groups in total. The normalized spacial score (nSPS) is 12.1. The third-order valence-electron chi connectivity index (χ3n) is 3.03. The van der Waals surface area contributed by atoms with Crippen molar-refractivity contribution in [3.05, 3.63) is 53.6 Å². The van der Waals surface area contributed by atoms with E-state index in [1.807, 2.05) is 24.3 Å². The van der Waals surface area contributed by atoms with Gasteiger partial charge in [0.2, 0.25) is 0 Å². The number of hydrogen-bond donors (Lipinski definition) is 3. The molecule has 5 nitrogen and oxygen atoms in total. The molecular formula is C15H17N2O3S-. The maximum absolute atomic E-state index is 10.7. The van der Waals surface area contributed by atoms with Crippen molar-refractivity contribution in [2.75, 3.05) is 17.7 Å². The van der Waals surface area contributed by atoms with Gasteiger partial charge in [-0.05, 0) is 41.8 Å². The fraction of sp³-hybridized carbons (Fsp3) is 0.200. The molecule has 2 aromatic carbocycles. The van der Waals surface area contributed by atoms with Crippen LogP contribution < -0.4 is 11.1 Å². The predicted octanol–water partition coefficient (Wildman–Crippen LogP) is 1.93. The highest BCUT2D eigenvalue weighted by molar-refractivity contribution is 7.78. The summed E-state index contributed by atoms with van der Waals surface area (Å²) in [6.07, 6.45) is 0.628. The number of nitrogens with two attached hydrogens (primary N) is 1. The van der Waals surface area contributed by atoms with Crippen LogP contribution in [0.2, 0.25) is 0 Å². The van der Waals surface area contributed by atoms with Gasteiger partial charge in [-0.3, -0.25) is 4.21 Å². The minimum atomic E-state index is -2.12. The Labute approximate surface area is 126 Å². The summed E-state index contributed by atoms with van der Waals surface area (Å²) in [5, 5.41) is 12.1. The minimum absolute atomic E-state index is 0.0413. The molecule has 0 aliphatic rings. The van der Waals surface area contributed by atoms with Crippen LogP contribution in [-0.2, 0) is 23.3 Å². The Bertz CT molecular complexity index is 629. The van der Waals surface area contributed by atoms with E-state index in [1.165, 1.54) is 0 Å². The summed E-state index contributed by atoms with van der Waals surface area (Å²) in [6, 6.07) is 12.8. The first-order valence-corrected chi connectivity index (χ1v) is 7.74. The maximum Gasteiger partial charge on any atom is 0.0618 e. The van der Waals surface area contributed by atoms with E-state index in [9.17, 15) is 8.76 Å². The van der Waals surface area contributed by atoms with E-state index in [2.05, 4.69) is 5.32 Å². The van der Waals surface area contributed by atoms with Crippen molar-refractivity contribution in [2.45, 2.75) is 12.2 Å². The molecule has 0 heterocycles. The minimum Gasteiger partial charge on any atom is -0.772 e. The number of aliphatic hydroxyl groups excluding tert-OH is 1. The average Bonchev–Trinajstić information content (AvgIpc) is 2.43. The zero-order valence-electron chi connectivity index (χ0n) is 11.4. The van der Waals surface area contributed by atoms with Crippen molar-refractivity contribution >= 4 is 28.1 Å². The number of nitrogen functional groups attached to an aromatic ring is 1. The molecule has 0 spiro atoms. The smallest absolute Gasteiger partial charge is 0.0618 e. The van der Waals surface area contributed by atoms with Crippen LogP contribution in [0.1, 0.15) is 11.1 Å². The van der Waals surface area contributed by atoms with Crippen LogP contribution in [0, 0.1) is 0 Å². The Hall–Kier alpha value is -1.89. The number of aliphatic hydroxyl groups is 1. The number of anilines is 3. The summed E-state index contributed by atoms with van der Waals surface area (Å²) in [6.45, 7) is 0.127. The van der Waals surface area contributed by atoms with Gasteiger partial charge in [0, 0.05) is 18.0 Å². The van der Waals surface area contributed by atoms with E-state index in [0.717, 1.165) is 16.9 Å². The standard InChI is InChI=1S/C15H18N2O3S/c16-14-9-12(10-21(19)20)3-6-15(14)17-13-4-1-11(2-5-13)7-8-18/h1-6,9,17-18H,7-8,10,16H2,(H,19,20)/p-1. The Morgan fingerprint density at radius 2 is 1.81 bits per heavy atom. The van der Waals surface area contributed by atoms with E-state index in [4.69, 9.17) is 10.8 Å². The lowest BCUT2D eigenvalue weighted by Crippen LogP contribution is -2.00. The lowest BCUT2D eigenvalue weighted by molar-refractivity contribution is 0.299. The summed E-state index contributed by atoms with van der Waals surface area (Å²) in [4.78, 5) is 0. The van der Waals surface area contributed by atoms with Gasteiger partial charge in [-0.2, -0.15) is 0 Å². The van der Waals surface area contributed by atoms with E-state index in [0.29, 0.717) is 17.7 Å². The Morgan fingerprint density at radius 3 is 2.38 bits per heavy atom. The van der Waals surface area contributed by atoms with Crippen LogP contribution in [0.3, 0.4) is 0 Å². The van der Waals surface area contributed by atoms with Crippen LogP contribution in [0.5, 0.6) is 0 Å². The Morgan fingerprint density at radius 1 is 1.14 bits per heavy atom. The lowest BCUT2D eigenvalue weighted by Gasteiger charge is -2.12. The fourth-order valence-electron chi connectivity index (χ4n) is 1.99. The molecule has 0 fully saturated rings. The molecule has 0 amide bonds. The zero-order chi connectivity index (χ0) is 15.2. The monoisotopic (exact) mass is 305 g/mol. The molecule has 1 unspecified atom stereocenters. The summed E-state index contributed by atoms with van der Waals surface area (Å²) >= 11 is -2.12. The molecule has 0 aromatic heterocycles. The summed E-state index contributed by atoms with van der Waals surface area (Å²) in [7, 11) is 0. The van der Waals surface area contributed by atoms with Gasteiger partial charge in [0.05, 0.1) is 11.4 Å². The van der Waals surface area contributed by atoms with Gasteiger partial charge in [0.1, 0.15) is 0 Å². The van der Waals surface area contributed by atoms with Gasteiger partial charge in [0.15, 0.2) is 0 Å². The van der Waals surface area contributed by atoms with Crippen LogP contribution in [0.15, 0.2) is 42.5 Å². The highest BCUT2D eigenvalue weighted by Crippen LogP contribution is 2.25. The van der Waals surface area contributed by atoms with Crippen molar-refractivity contribution in [3.63, 3.8) is 0 Å². The largest absolute Gasteiger partial charge is 0.772 e. The van der Waals surface area contributed by atoms with Crippen LogP contribution >= 0.6 is 0 Å². The van der Waals surface area contributed by atoms with E-state index < -0.39 is 11.1 Å². The number of rotatable bonds is 6. The van der Waals surface area contributed by atoms with Crippen molar-refractivity contribution < 1.29 is 13.9 Å². The highest BCUT2D eigenvalue weighted by Gasteiger charge is 2.02. The first-order chi connectivity index (χ1) is 10.1. The predicted molar refractivity (Wildman–Crippen MR) is 84.0 cm³/mol. The molecule has 21 heavy (non-hydrogen) atoms. The molecule has 0 aliphatic heterocycles. The second kappa shape index (κ2) is 7.21. The Kier molecular flexibility index (Phi) is 5.32. The molecule has 6 heteroatoms. The van der Waals surface area contributed by atoms with E-state index >= 15 is 0 Å². The molecule has 2 aromatic rings. The number of benzene rings is 2. The van der Waals surface area contributed by atoms with Crippen molar-refractivity contribution in [1.29, 1.82) is 0 Å². The fourth-order valence-corrected chi connectivity index (χ4v) is 2.44. The quantitative estimate of drug-likeness (QED) is 0.559. The average molecular weight is 305 g/mol. The van der Waals surface area contributed by atoms with Gasteiger partial charge in [-0.15, -0.1) is 0 Å². The second-order valence-electron chi connectivity index (χ2n) is 4.67. The third kappa shape index (κ3) is 4.56. The molecule has 2 rings (SSSR count). The van der Waals surface area contributed by atoms with Crippen LogP contribution in [-0.4, -0.2) is 20.5 Å². The molecule has 0 bridgehead atoms. The van der Waals surface area contributed by atoms with Gasteiger partial charge in [-0.1, -0.05) is 29.3 Å². The summed E-state index contributed by atoms with van der Waals surface area (Å²) in [5.74, 6) is -0.0413. The summed E-state index contributed by atoms with van der Waals surface area (Å²) < 4.78 is 21.3. The third-order valence-corrected chi connectivity index (χ3v) is 3.60. The van der Waals surface area contributed by atoms with Gasteiger partial charge >= 0.3 is 0 Å². The van der Waals surface area contributed by atoms with Crippen molar-refractivity contribution in [1.82, 2.24) is 0 Å². The molecule has 112 valence electrons. The number of nitrogens with one attached hydrogen (secondary N) is 1. The molecule has 0 aliphatic carbocycles. The maximum atomic E-state index is 10.7. The topological polar surface area (TPSA) is 98.4 Å². The highest BCUT2D eigenvalue weighted by atomic mass is 32.2. The zero-order valence-corrected chi connectivity index (χ0v) is 12.2. The molecular weight excluding hydrogens is 288 g/mol. The Balaban J connectivity index is 2.10.